The van der Waals surface area contributed by atoms with Crippen molar-refractivity contribution in [3.05, 3.63) is 33.1 Å². The second kappa shape index (κ2) is 34.5. The van der Waals surface area contributed by atoms with Crippen molar-refractivity contribution in [3.8, 4) is 0 Å². The third-order valence-electron chi connectivity index (χ3n) is 8.07. The zero-order chi connectivity index (χ0) is 41.4. The molecule has 314 valence electrons. The first kappa shape index (κ1) is 57.7. The summed E-state index contributed by atoms with van der Waals surface area (Å²) in [5.41, 5.74) is -1.23. The number of rotatable bonds is 21. The standard InChI is InChI=1S/C9H17N2O10P3.4C6H15N/c12-8-3-5-11(9(13)10-8)4-1-2-6-22(14,7-23(15,16)17)21-24(18,19)20;4*1-4-7(5-2)6-3/h3,5H,1-2,4,6-7H2,(H,10,12,13)(H2,15,16,17)(H2,18,19,20);4*4-6H2,1-3H3. The van der Waals surface area contributed by atoms with Crippen LogP contribution in [0.15, 0.2) is 21.9 Å². The van der Waals surface area contributed by atoms with E-state index in [0.717, 1.165) is 10.6 Å². The quantitative estimate of drug-likeness (QED) is 0.0796. The maximum atomic E-state index is 12.2. The van der Waals surface area contributed by atoms with Crippen LogP contribution in [0.3, 0.4) is 0 Å². The number of phosphoric acid groups is 1. The van der Waals surface area contributed by atoms with E-state index in [1.54, 1.807) is 0 Å². The number of nitrogens with zero attached hydrogens (tertiary/aromatic N) is 5. The highest BCUT2D eigenvalue weighted by Crippen LogP contribution is 2.65. The number of aromatic amines is 1. The van der Waals surface area contributed by atoms with Gasteiger partial charge in [0, 0.05) is 25.0 Å². The Hall–Kier alpha value is -0.990. The van der Waals surface area contributed by atoms with Gasteiger partial charge in [-0.1, -0.05) is 83.1 Å². The molecule has 1 aromatic rings. The summed E-state index contributed by atoms with van der Waals surface area (Å²) >= 11 is 0. The molecule has 0 saturated carbocycles. The van der Waals surface area contributed by atoms with E-state index < -0.39 is 46.1 Å². The van der Waals surface area contributed by atoms with Crippen molar-refractivity contribution in [1.82, 2.24) is 29.2 Å². The van der Waals surface area contributed by atoms with Crippen molar-refractivity contribution < 1.29 is 37.6 Å². The number of H-pyrrole nitrogens is 1. The third-order valence-corrected chi connectivity index (χ3v) is 14.3. The van der Waals surface area contributed by atoms with Crippen LogP contribution in [0.4, 0.5) is 0 Å². The molecule has 0 aliphatic carbocycles. The molecule has 0 saturated heterocycles. The molecule has 52 heavy (non-hydrogen) atoms. The van der Waals surface area contributed by atoms with Crippen LogP contribution < -0.4 is 11.2 Å². The molecule has 19 heteroatoms. The average Bonchev–Trinajstić information content (AvgIpc) is 3.07. The van der Waals surface area contributed by atoms with E-state index in [2.05, 4.69) is 107 Å². The van der Waals surface area contributed by atoms with Gasteiger partial charge in [0.25, 0.3) is 5.56 Å². The van der Waals surface area contributed by atoms with Gasteiger partial charge in [-0.2, -0.15) is 0 Å². The molecule has 0 radical (unpaired) electrons. The van der Waals surface area contributed by atoms with Crippen molar-refractivity contribution in [2.75, 3.05) is 90.6 Å². The van der Waals surface area contributed by atoms with Gasteiger partial charge in [0.15, 0.2) is 0 Å². The number of hydrogen-bond acceptors (Lipinski definition) is 10. The van der Waals surface area contributed by atoms with Crippen LogP contribution in [0.25, 0.3) is 0 Å². The summed E-state index contributed by atoms with van der Waals surface area (Å²) in [6.45, 7) is 40.6. The number of aromatic nitrogens is 2. The Labute approximate surface area is 315 Å². The molecular formula is C33H77N6O10P3. The molecule has 1 rings (SSSR count). The minimum absolute atomic E-state index is 0.0167. The van der Waals surface area contributed by atoms with Crippen molar-refractivity contribution >= 4 is 22.8 Å². The molecule has 0 amide bonds. The summed E-state index contributed by atoms with van der Waals surface area (Å²) in [6.07, 6.45) is 0.967. The molecule has 0 fully saturated rings. The summed E-state index contributed by atoms with van der Waals surface area (Å²) in [4.78, 5) is 69.1. The van der Waals surface area contributed by atoms with Gasteiger partial charge < -0.3 is 43.7 Å². The van der Waals surface area contributed by atoms with E-state index in [9.17, 15) is 23.3 Å². The smallest absolute Gasteiger partial charge is 0.324 e. The van der Waals surface area contributed by atoms with Crippen molar-refractivity contribution in [1.29, 1.82) is 0 Å². The molecule has 0 bridgehead atoms. The van der Waals surface area contributed by atoms with Crippen molar-refractivity contribution in [2.45, 2.75) is 102 Å². The van der Waals surface area contributed by atoms with E-state index in [4.69, 9.17) is 19.6 Å². The zero-order valence-corrected chi connectivity index (χ0v) is 37.2. The minimum Gasteiger partial charge on any atom is -0.324 e. The summed E-state index contributed by atoms with van der Waals surface area (Å²) in [7, 11) is -14.3. The topological polar surface area (TPSA) is 209 Å². The van der Waals surface area contributed by atoms with E-state index in [-0.39, 0.29) is 19.4 Å². The molecule has 0 spiro atoms. The first-order chi connectivity index (χ1) is 24.2. The molecule has 1 unspecified atom stereocenters. The molecule has 0 aliphatic rings. The predicted molar refractivity (Wildman–Crippen MR) is 217 cm³/mol. The first-order valence-corrected chi connectivity index (χ1v) is 24.1. The van der Waals surface area contributed by atoms with Crippen LogP contribution in [-0.4, -0.2) is 139 Å². The predicted octanol–water partition coefficient (Wildman–Crippen LogP) is 5.23. The lowest BCUT2D eigenvalue weighted by atomic mass is 10.3. The van der Waals surface area contributed by atoms with Gasteiger partial charge in [0.2, 0.25) is 7.37 Å². The summed E-state index contributed by atoms with van der Waals surface area (Å²) < 4.78 is 39.3. The van der Waals surface area contributed by atoms with Gasteiger partial charge in [0.05, 0.1) is 0 Å². The zero-order valence-electron chi connectivity index (χ0n) is 34.5. The molecular weight excluding hydrogens is 733 g/mol. The fourth-order valence-corrected chi connectivity index (χ4v) is 10.6. The Morgan fingerprint density at radius 1 is 0.596 bits per heavy atom. The van der Waals surface area contributed by atoms with Crippen LogP contribution in [-0.2, 0) is 24.6 Å². The number of aryl methyl sites for hydroxylation is 1. The Morgan fingerprint density at radius 2 is 0.923 bits per heavy atom. The van der Waals surface area contributed by atoms with Crippen molar-refractivity contribution in [3.63, 3.8) is 0 Å². The van der Waals surface area contributed by atoms with E-state index in [1.807, 2.05) is 4.98 Å². The highest BCUT2D eigenvalue weighted by atomic mass is 31.3. The molecule has 16 nitrogen and oxygen atoms in total. The van der Waals surface area contributed by atoms with Gasteiger partial charge in [-0.3, -0.25) is 18.9 Å². The Bertz CT molecular complexity index is 1110. The lowest BCUT2D eigenvalue weighted by Gasteiger charge is -2.19. The minimum atomic E-state index is -5.19. The molecule has 5 N–H and O–H groups in total. The fraction of sp³-hybridized carbons (Fsp3) is 0.879. The SMILES string of the molecule is CCN(CC)CC.CCN(CC)CC.CCN(CC)CC.CCN(CC)CC.O=c1ccn(CCCCP(=O)(CP(=O)(O)O)OP(=O)(O)O)c(=O)[nH]1. The molecule has 1 atom stereocenters. The summed E-state index contributed by atoms with van der Waals surface area (Å²) in [5.74, 6) is -1.29. The number of nitrogens with one attached hydrogen (secondary N) is 1. The highest BCUT2D eigenvalue weighted by Gasteiger charge is 2.38. The largest absolute Gasteiger partial charge is 0.475 e. The van der Waals surface area contributed by atoms with E-state index in [1.165, 1.54) is 84.7 Å². The second-order valence-corrected chi connectivity index (χ2v) is 17.6. The Balaban J connectivity index is -0.000000334. The molecule has 0 aliphatic heterocycles. The number of hydrogen-bond donors (Lipinski definition) is 5. The van der Waals surface area contributed by atoms with Crippen LogP contribution in [0, 0.1) is 0 Å². The van der Waals surface area contributed by atoms with Gasteiger partial charge in [0.1, 0.15) is 5.90 Å². The first-order valence-electron chi connectivity index (χ1n) is 18.8. The lowest BCUT2D eigenvalue weighted by Crippen LogP contribution is -2.28. The lowest BCUT2D eigenvalue weighted by molar-refractivity contribution is 0.283. The molecule has 0 aromatic carbocycles. The molecule has 1 aromatic heterocycles. The van der Waals surface area contributed by atoms with Gasteiger partial charge >= 0.3 is 21.1 Å². The van der Waals surface area contributed by atoms with Gasteiger partial charge in [-0.25, -0.2) is 13.7 Å². The number of unbranched alkanes of at least 4 members (excludes halogenated alkanes) is 1. The maximum Gasteiger partial charge on any atom is 0.475 e. The van der Waals surface area contributed by atoms with Crippen LogP contribution in [0.1, 0.15) is 95.9 Å². The van der Waals surface area contributed by atoms with Crippen LogP contribution in [0.5, 0.6) is 0 Å². The highest BCUT2D eigenvalue weighted by molar-refractivity contribution is 7.76. The van der Waals surface area contributed by atoms with Crippen LogP contribution >= 0.6 is 22.8 Å². The normalized spacial score (nSPS) is 12.5. The molecule has 1 heterocycles. The Kier molecular flexibility index (Phi) is 38.3. The van der Waals surface area contributed by atoms with Crippen LogP contribution in [0.2, 0.25) is 0 Å². The fourth-order valence-electron chi connectivity index (χ4n) is 4.55. The second-order valence-electron chi connectivity index (χ2n) is 11.4. The third kappa shape index (κ3) is 36.0. The van der Waals surface area contributed by atoms with Gasteiger partial charge in [-0.15, -0.1) is 0 Å². The summed E-state index contributed by atoms with van der Waals surface area (Å²) in [6, 6.07) is 1.12. The van der Waals surface area contributed by atoms with Gasteiger partial charge in [-0.05, 0) is 91.4 Å². The monoisotopic (exact) mass is 810 g/mol. The van der Waals surface area contributed by atoms with E-state index >= 15 is 0 Å². The van der Waals surface area contributed by atoms with E-state index in [0.29, 0.717) is 0 Å². The summed E-state index contributed by atoms with van der Waals surface area (Å²) in [5, 5.41) is 0. The van der Waals surface area contributed by atoms with Crippen molar-refractivity contribution in [2.24, 2.45) is 0 Å². The maximum absolute atomic E-state index is 12.2. The Morgan fingerprint density at radius 3 is 1.15 bits per heavy atom. The average molecular weight is 811 g/mol.